The maximum absolute atomic E-state index is 13.9. The molecule has 41 heavy (non-hydrogen) atoms. The third-order valence-electron chi connectivity index (χ3n) is 7.93. The van der Waals surface area contributed by atoms with E-state index >= 15 is 0 Å². The summed E-state index contributed by atoms with van der Waals surface area (Å²) in [5, 5.41) is 10.0. The molecule has 2 fully saturated rings. The lowest BCUT2D eigenvalue weighted by atomic mass is 9.77. The smallest absolute Gasteiger partial charge is 0.408 e. The SMILES string of the molecule is CC(CC(=O)NC(c1cnn2cc([C@@H](NC(=O)OC(C)(C)C)C3CCC(F)(F)CC3)nc2c1)C1CCC1)C(F)(F)F. The van der Waals surface area contributed by atoms with Crippen molar-refractivity contribution in [2.45, 2.75) is 109 Å². The van der Waals surface area contributed by atoms with Crippen LogP contribution in [-0.2, 0) is 9.53 Å². The number of imidazole rings is 1. The number of hydrogen-bond donors (Lipinski definition) is 2. The Labute approximate surface area is 235 Å². The molecule has 2 amide bonds. The molecule has 0 aromatic carbocycles. The van der Waals surface area contributed by atoms with Gasteiger partial charge in [0.2, 0.25) is 11.8 Å². The van der Waals surface area contributed by atoms with E-state index in [1.165, 1.54) is 4.52 Å². The van der Waals surface area contributed by atoms with Crippen molar-refractivity contribution in [1.29, 1.82) is 0 Å². The number of amides is 2. The second kappa shape index (κ2) is 11.7. The Bertz CT molecular complexity index is 1230. The highest BCUT2D eigenvalue weighted by Crippen LogP contribution is 2.42. The van der Waals surface area contributed by atoms with Crippen LogP contribution in [0.5, 0.6) is 0 Å². The molecule has 2 saturated carbocycles. The predicted molar refractivity (Wildman–Crippen MR) is 140 cm³/mol. The predicted octanol–water partition coefficient (Wildman–Crippen LogP) is 6.67. The first-order valence-electron chi connectivity index (χ1n) is 14.1. The number of ether oxygens (including phenoxy) is 1. The lowest BCUT2D eigenvalue weighted by molar-refractivity contribution is -0.174. The van der Waals surface area contributed by atoms with Gasteiger partial charge in [0.1, 0.15) is 5.60 Å². The van der Waals surface area contributed by atoms with Gasteiger partial charge in [0.05, 0.1) is 36.1 Å². The first-order valence-corrected chi connectivity index (χ1v) is 14.1. The van der Waals surface area contributed by atoms with E-state index < -0.39 is 54.1 Å². The van der Waals surface area contributed by atoms with Gasteiger partial charge in [0.25, 0.3) is 0 Å². The van der Waals surface area contributed by atoms with E-state index in [9.17, 15) is 31.5 Å². The summed E-state index contributed by atoms with van der Waals surface area (Å²) in [6.07, 6.45) is -0.282. The third-order valence-corrected chi connectivity index (χ3v) is 7.93. The molecular weight excluding hydrogens is 549 g/mol. The second-order valence-electron chi connectivity index (χ2n) is 12.5. The van der Waals surface area contributed by atoms with Gasteiger partial charge in [-0.1, -0.05) is 13.3 Å². The largest absolute Gasteiger partial charge is 0.444 e. The molecule has 2 aliphatic rings. The molecule has 0 spiro atoms. The normalized spacial score (nSPS) is 20.6. The van der Waals surface area contributed by atoms with Crippen LogP contribution in [0, 0.1) is 17.8 Å². The fourth-order valence-electron chi connectivity index (χ4n) is 5.37. The van der Waals surface area contributed by atoms with Crippen LogP contribution in [-0.4, -0.2) is 44.3 Å². The number of nitrogens with one attached hydrogen (secondary N) is 2. The van der Waals surface area contributed by atoms with Gasteiger partial charge in [-0.15, -0.1) is 0 Å². The second-order valence-corrected chi connectivity index (χ2v) is 12.5. The fraction of sp³-hybridized carbons (Fsp3) is 0.714. The molecule has 2 aromatic rings. The number of halogens is 5. The number of carbonyl (C=O) groups is 2. The monoisotopic (exact) mass is 587 g/mol. The molecule has 0 saturated heterocycles. The number of fused-ring (bicyclic) bond motifs is 1. The topological polar surface area (TPSA) is 97.6 Å². The van der Waals surface area contributed by atoms with Gasteiger partial charge in [0.15, 0.2) is 5.65 Å². The Morgan fingerprint density at radius 2 is 1.71 bits per heavy atom. The molecule has 3 atom stereocenters. The molecule has 2 aliphatic carbocycles. The molecule has 2 N–H and O–H groups in total. The van der Waals surface area contributed by atoms with Crippen molar-refractivity contribution >= 4 is 17.6 Å². The van der Waals surface area contributed by atoms with Gasteiger partial charge in [-0.3, -0.25) is 4.79 Å². The Kier molecular flexibility index (Phi) is 8.84. The summed E-state index contributed by atoms with van der Waals surface area (Å²) in [4.78, 5) is 29.9. The van der Waals surface area contributed by atoms with Gasteiger partial charge >= 0.3 is 12.3 Å². The summed E-state index contributed by atoms with van der Waals surface area (Å²) in [7, 11) is 0. The summed E-state index contributed by atoms with van der Waals surface area (Å²) in [5.41, 5.74) is 0.680. The Hall–Kier alpha value is -2.99. The van der Waals surface area contributed by atoms with E-state index in [1.54, 1.807) is 39.2 Å². The van der Waals surface area contributed by atoms with Crippen LogP contribution in [0.3, 0.4) is 0 Å². The van der Waals surface area contributed by atoms with Crippen molar-refractivity contribution < 1.29 is 36.3 Å². The molecular formula is C28H38F5N5O3. The van der Waals surface area contributed by atoms with Crippen molar-refractivity contribution in [3.8, 4) is 0 Å². The average Bonchev–Trinajstić information content (AvgIpc) is 3.22. The van der Waals surface area contributed by atoms with Crippen LogP contribution in [0.25, 0.3) is 5.65 Å². The van der Waals surface area contributed by atoms with E-state index in [0.717, 1.165) is 26.2 Å². The molecule has 0 bridgehead atoms. The zero-order valence-electron chi connectivity index (χ0n) is 23.7. The van der Waals surface area contributed by atoms with Crippen molar-refractivity contribution in [2.24, 2.45) is 17.8 Å². The maximum Gasteiger partial charge on any atom is 0.408 e. The van der Waals surface area contributed by atoms with Crippen molar-refractivity contribution in [3.63, 3.8) is 0 Å². The lowest BCUT2D eigenvalue weighted by Gasteiger charge is -2.34. The molecule has 2 unspecified atom stereocenters. The van der Waals surface area contributed by atoms with Gasteiger partial charge < -0.3 is 15.4 Å². The highest BCUT2D eigenvalue weighted by molar-refractivity contribution is 5.77. The first kappa shape index (κ1) is 31.0. The highest BCUT2D eigenvalue weighted by atomic mass is 19.4. The number of hydrogen-bond acceptors (Lipinski definition) is 5. The van der Waals surface area contributed by atoms with E-state index in [2.05, 4.69) is 20.7 Å². The average molecular weight is 588 g/mol. The summed E-state index contributed by atoms with van der Waals surface area (Å²) in [5.74, 6) is -5.45. The summed E-state index contributed by atoms with van der Waals surface area (Å²) < 4.78 is 73.7. The molecule has 0 radical (unpaired) electrons. The van der Waals surface area contributed by atoms with Crippen LogP contribution in [0.15, 0.2) is 18.5 Å². The highest BCUT2D eigenvalue weighted by Gasteiger charge is 2.40. The standard InChI is InChI=1S/C28H38F5N5O3/c1-16(28(31,32)33)12-22(39)36-23(17-6-5-7-17)19-13-21-35-20(15-38(21)34-14-19)24(37-25(40)41-26(2,3)4)18-8-10-27(29,30)11-9-18/h13-18,23-24H,5-12H2,1-4H3,(H,36,39)(H,37,40)/t16?,23?,24-/m0/s1. The number of alkyl halides is 5. The third kappa shape index (κ3) is 8.06. The number of aromatic nitrogens is 3. The van der Waals surface area contributed by atoms with E-state index in [0.29, 0.717) is 16.9 Å². The maximum atomic E-state index is 13.9. The number of nitrogens with zero attached hydrogens (tertiary/aromatic N) is 3. The van der Waals surface area contributed by atoms with E-state index in [-0.39, 0.29) is 37.5 Å². The molecule has 8 nitrogen and oxygen atoms in total. The van der Waals surface area contributed by atoms with Crippen molar-refractivity contribution in [2.75, 3.05) is 0 Å². The lowest BCUT2D eigenvalue weighted by Crippen LogP contribution is -2.40. The molecule has 2 aromatic heterocycles. The molecule has 0 aliphatic heterocycles. The van der Waals surface area contributed by atoms with Gasteiger partial charge in [-0.2, -0.15) is 18.3 Å². The minimum atomic E-state index is -4.46. The molecule has 2 heterocycles. The Balaban J connectivity index is 1.58. The van der Waals surface area contributed by atoms with Crippen LogP contribution < -0.4 is 10.6 Å². The quantitative estimate of drug-likeness (QED) is 0.337. The zero-order chi connectivity index (χ0) is 30.2. The van der Waals surface area contributed by atoms with Crippen LogP contribution >= 0.6 is 0 Å². The minimum absolute atomic E-state index is 0.0596. The van der Waals surface area contributed by atoms with E-state index in [4.69, 9.17) is 4.74 Å². The van der Waals surface area contributed by atoms with Crippen LogP contribution in [0.4, 0.5) is 26.7 Å². The molecule has 13 heteroatoms. The zero-order valence-corrected chi connectivity index (χ0v) is 23.7. The summed E-state index contributed by atoms with van der Waals surface area (Å²) in [6, 6.07) is 0.495. The van der Waals surface area contributed by atoms with E-state index in [1.807, 2.05) is 0 Å². The summed E-state index contributed by atoms with van der Waals surface area (Å²) in [6.45, 7) is 6.15. The van der Waals surface area contributed by atoms with Gasteiger partial charge in [0, 0.05) is 19.3 Å². The minimum Gasteiger partial charge on any atom is -0.444 e. The molecule has 228 valence electrons. The fourth-order valence-corrected chi connectivity index (χ4v) is 5.37. The Morgan fingerprint density at radius 1 is 1.07 bits per heavy atom. The number of carbonyl (C=O) groups excluding carboxylic acids is 2. The molecule has 4 rings (SSSR count). The first-order chi connectivity index (χ1) is 19.0. The number of rotatable bonds is 8. The summed E-state index contributed by atoms with van der Waals surface area (Å²) >= 11 is 0. The number of alkyl carbamates (subject to hydrolysis) is 1. The van der Waals surface area contributed by atoms with Crippen LogP contribution in [0.1, 0.15) is 102 Å². The van der Waals surface area contributed by atoms with Crippen molar-refractivity contribution in [3.05, 3.63) is 29.7 Å². The van der Waals surface area contributed by atoms with Crippen molar-refractivity contribution in [1.82, 2.24) is 25.2 Å². The van der Waals surface area contributed by atoms with Crippen LogP contribution in [0.2, 0.25) is 0 Å². The Morgan fingerprint density at radius 3 is 2.27 bits per heavy atom. The van der Waals surface area contributed by atoms with Gasteiger partial charge in [-0.25, -0.2) is 23.1 Å². The van der Waals surface area contributed by atoms with Gasteiger partial charge in [-0.05, 0) is 69.9 Å².